The van der Waals surface area contributed by atoms with E-state index in [0.29, 0.717) is 31.0 Å². The van der Waals surface area contributed by atoms with Crippen LogP contribution in [0, 0.1) is 6.92 Å². The largest absolute Gasteiger partial charge is 0.491 e. The molecule has 2 atom stereocenters. The summed E-state index contributed by atoms with van der Waals surface area (Å²) in [6, 6.07) is 5.75. The Kier molecular flexibility index (Phi) is 5.59. The quantitative estimate of drug-likeness (QED) is 0.843. The minimum absolute atomic E-state index is 0.00502. The van der Waals surface area contributed by atoms with Crippen LogP contribution in [-0.2, 0) is 9.53 Å². The van der Waals surface area contributed by atoms with Gasteiger partial charge in [0.2, 0.25) is 0 Å². The molecular formula is C16H24N2O3. The first-order valence-corrected chi connectivity index (χ1v) is 7.54. The maximum Gasteiger partial charge on any atom is 0.253 e. The Bertz CT molecular complexity index is 490. The zero-order chi connectivity index (χ0) is 15.2. The van der Waals surface area contributed by atoms with Gasteiger partial charge in [0.05, 0.1) is 18.4 Å². The van der Waals surface area contributed by atoms with Gasteiger partial charge in [0.25, 0.3) is 5.91 Å². The van der Waals surface area contributed by atoms with E-state index in [9.17, 15) is 4.79 Å². The third kappa shape index (κ3) is 4.19. The van der Waals surface area contributed by atoms with Gasteiger partial charge in [0.15, 0.2) is 0 Å². The fourth-order valence-corrected chi connectivity index (χ4v) is 2.35. The van der Waals surface area contributed by atoms with Crippen LogP contribution in [0.15, 0.2) is 18.2 Å². The van der Waals surface area contributed by atoms with E-state index in [1.54, 1.807) is 0 Å². The Labute approximate surface area is 125 Å². The summed E-state index contributed by atoms with van der Waals surface area (Å²) in [7, 11) is 0. The SMILES string of the molecule is CCCOc1cc(C)ccc1NC(=O)[C@@H]1CC[C@H](CN)O1. The van der Waals surface area contributed by atoms with E-state index in [0.717, 1.165) is 18.4 Å². The van der Waals surface area contributed by atoms with Gasteiger partial charge >= 0.3 is 0 Å². The van der Waals surface area contributed by atoms with Crippen molar-refractivity contribution < 1.29 is 14.3 Å². The number of anilines is 1. The molecular weight excluding hydrogens is 268 g/mol. The van der Waals surface area contributed by atoms with Crippen LogP contribution < -0.4 is 15.8 Å². The van der Waals surface area contributed by atoms with Gasteiger partial charge in [-0.2, -0.15) is 0 Å². The van der Waals surface area contributed by atoms with E-state index in [4.69, 9.17) is 15.2 Å². The first-order valence-electron chi connectivity index (χ1n) is 7.54. The van der Waals surface area contributed by atoms with Gasteiger partial charge in [-0.1, -0.05) is 13.0 Å². The Balaban J connectivity index is 2.03. The van der Waals surface area contributed by atoms with E-state index >= 15 is 0 Å². The number of hydrogen-bond donors (Lipinski definition) is 2. The number of rotatable bonds is 6. The molecule has 1 aliphatic heterocycles. The van der Waals surface area contributed by atoms with Crippen molar-refractivity contribution in [2.24, 2.45) is 5.73 Å². The smallest absolute Gasteiger partial charge is 0.253 e. The second-order valence-electron chi connectivity index (χ2n) is 5.40. The molecule has 0 unspecified atom stereocenters. The summed E-state index contributed by atoms with van der Waals surface area (Å²) >= 11 is 0. The molecule has 1 amide bonds. The lowest BCUT2D eigenvalue weighted by molar-refractivity contribution is -0.126. The number of aryl methyl sites for hydroxylation is 1. The van der Waals surface area contributed by atoms with Crippen molar-refractivity contribution in [3.05, 3.63) is 23.8 Å². The number of benzene rings is 1. The molecule has 0 aromatic heterocycles. The summed E-state index contributed by atoms with van der Waals surface area (Å²) < 4.78 is 11.3. The minimum atomic E-state index is -0.418. The second kappa shape index (κ2) is 7.43. The first-order chi connectivity index (χ1) is 10.1. The zero-order valence-corrected chi connectivity index (χ0v) is 12.7. The van der Waals surface area contributed by atoms with Crippen molar-refractivity contribution >= 4 is 11.6 Å². The molecule has 1 aliphatic rings. The molecule has 1 heterocycles. The molecule has 0 spiro atoms. The molecule has 0 aliphatic carbocycles. The van der Waals surface area contributed by atoms with Gasteiger partial charge in [-0.15, -0.1) is 0 Å². The monoisotopic (exact) mass is 292 g/mol. The number of amides is 1. The van der Waals surface area contributed by atoms with Crippen LogP contribution in [0.1, 0.15) is 31.7 Å². The third-order valence-corrected chi connectivity index (χ3v) is 3.52. The van der Waals surface area contributed by atoms with Crippen LogP contribution in [0.5, 0.6) is 5.75 Å². The number of nitrogens with one attached hydrogen (secondary N) is 1. The van der Waals surface area contributed by atoms with Gasteiger partial charge in [-0.05, 0) is 43.9 Å². The summed E-state index contributed by atoms with van der Waals surface area (Å²) in [5.74, 6) is 0.578. The Morgan fingerprint density at radius 3 is 2.95 bits per heavy atom. The predicted molar refractivity (Wildman–Crippen MR) is 82.5 cm³/mol. The van der Waals surface area contributed by atoms with Crippen molar-refractivity contribution in [3.8, 4) is 5.75 Å². The van der Waals surface area contributed by atoms with E-state index < -0.39 is 6.10 Å². The predicted octanol–water partition coefficient (Wildman–Crippen LogP) is 2.23. The summed E-state index contributed by atoms with van der Waals surface area (Å²) in [4.78, 5) is 12.3. The summed E-state index contributed by atoms with van der Waals surface area (Å²) in [5, 5.41) is 2.90. The van der Waals surface area contributed by atoms with Gasteiger partial charge in [0.1, 0.15) is 11.9 Å². The van der Waals surface area contributed by atoms with E-state index in [-0.39, 0.29) is 12.0 Å². The molecule has 2 rings (SSSR count). The molecule has 0 bridgehead atoms. The van der Waals surface area contributed by atoms with Crippen LogP contribution in [0.2, 0.25) is 0 Å². The molecule has 1 aromatic rings. The standard InChI is InChI=1S/C16H24N2O3/c1-3-8-20-15-9-11(2)4-6-13(15)18-16(19)14-7-5-12(10-17)21-14/h4,6,9,12,14H,3,5,7-8,10,17H2,1-2H3,(H,18,19)/t12-,14+/m1/s1. The van der Waals surface area contributed by atoms with Crippen LogP contribution in [0.25, 0.3) is 0 Å². The van der Waals surface area contributed by atoms with Crippen molar-refractivity contribution in [1.82, 2.24) is 0 Å². The molecule has 3 N–H and O–H groups in total. The summed E-state index contributed by atoms with van der Waals surface area (Å²) in [6.45, 7) is 5.13. The number of carbonyl (C=O) groups is 1. The zero-order valence-electron chi connectivity index (χ0n) is 12.7. The van der Waals surface area contributed by atoms with Crippen molar-refractivity contribution in [2.75, 3.05) is 18.5 Å². The van der Waals surface area contributed by atoms with E-state index in [2.05, 4.69) is 5.32 Å². The lowest BCUT2D eigenvalue weighted by Gasteiger charge is -2.16. The third-order valence-electron chi connectivity index (χ3n) is 3.52. The van der Waals surface area contributed by atoms with Crippen LogP contribution in [0.3, 0.4) is 0 Å². The number of ether oxygens (including phenoxy) is 2. The molecule has 116 valence electrons. The van der Waals surface area contributed by atoms with Crippen LogP contribution in [0.4, 0.5) is 5.69 Å². The maximum absolute atomic E-state index is 12.3. The second-order valence-corrected chi connectivity index (χ2v) is 5.40. The van der Waals surface area contributed by atoms with Crippen LogP contribution in [-0.4, -0.2) is 31.3 Å². The molecule has 5 nitrogen and oxygen atoms in total. The van der Waals surface area contributed by atoms with Crippen LogP contribution >= 0.6 is 0 Å². The Hall–Kier alpha value is -1.59. The van der Waals surface area contributed by atoms with Crippen molar-refractivity contribution in [2.45, 2.75) is 45.3 Å². The summed E-state index contributed by atoms with van der Waals surface area (Å²) in [5.41, 5.74) is 7.36. The fraction of sp³-hybridized carbons (Fsp3) is 0.562. The van der Waals surface area contributed by atoms with E-state index in [1.165, 1.54) is 0 Å². The number of hydrogen-bond acceptors (Lipinski definition) is 4. The van der Waals surface area contributed by atoms with Gasteiger partial charge < -0.3 is 20.5 Å². The highest BCUT2D eigenvalue weighted by atomic mass is 16.5. The maximum atomic E-state index is 12.3. The highest BCUT2D eigenvalue weighted by Crippen LogP contribution is 2.27. The average molecular weight is 292 g/mol. The fourth-order valence-electron chi connectivity index (χ4n) is 2.35. The van der Waals surface area contributed by atoms with Crippen molar-refractivity contribution in [3.63, 3.8) is 0 Å². The first kappa shape index (κ1) is 15.8. The molecule has 1 saturated heterocycles. The van der Waals surface area contributed by atoms with Crippen molar-refractivity contribution in [1.29, 1.82) is 0 Å². The molecule has 1 fully saturated rings. The molecule has 21 heavy (non-hydrogen) atoms. The molecule has 0 radical (unpaired) electrons. The lowest BCUT2D eigenvalue weighted by atomic mass is 10.1. The van der Waals surface area contributed by atoms with Gasteiger partial charge in [-0.25, -0.2) is 0 Å². The number of carbonyl (C=O) groups excluding carboxylic acids is 1. The van der Waals surface area contributed by atoms with Gasteiger partial charge in [0, 0.05) is 6.54 Å². The molecule has 5 heteroatoms. The molecule has 0 saturated carbocycles. The van der Waals surface area contributed by atoms with Gasteiger partial charge in [-0.3, -0.25) is 4.79 Å². The lowest BCUT2D eigenvalue weighted by Crippen LogP contribution is -2.30. The molecule has 1 aromatic carbocycles. The highest BCUT2D eigenvalue weighted by Gasteiger charge is 2.30. The normalized spacial score (nSPS) is 21.3. The average Bonchev–Trinajstić information content (AvgIpc) is 2.96. The Morgan fingerprint density at radius 1 is 1.48 bits per heavy atom. The van der Waals surface area contributed by atoms with E-state index in [1.807, 2.05) is 32.0 Å². The topological polar surface area (TPSA) is 73.6 Å². The summed E-state index contributed by atoms with van der Waals surface area (Å²) in [6.07, 6.45) is 2.05. The highest BCUT2D eigenvalue weighted by molar-refractivity contribution is 5.95. The number of nitrogens with two attached hydrogens (primary N) is 1. The minimum Gasteiger partial charge on any atom is -0.491 e. The Morgan fingerprint density at radius 2 is 2.29 bits per heavy atom.